The predicted molar refractivity (Wildman–Crippen MR) is 140 cm³/mol. The Morgan fingerprint density at radius 3 is 2.43 bits per heavy atom. The van der Waals surface area contributed by atoms with Crippen LogP contribution >= 0.6 is 0 Å². The molecule has 10 heteroatoms. The van der Waals surface area contributed by atoms with Gasteiger partial charge in [0.25, 0.3) is 5.91 Å². The SMILES string of the molecule is CNC(=O)c1cc(CCc2cnc(Nc3ccc(N4C[C@@H](C)N[C@@H](C)C4)c(F)c3)nc2)c(F)c(OC)c1. The van der Waals surface area contributed by atoms with E-state index in [1.807, 2.05) is 6.07 Å². The normalized spacial score (nSPS) is 17.4. The molecular weight excluding hydrogens is 478 g/mol. The highest BCUT2D eigenvalue weighted by molar-refractivity contribution is 5.94. The number of hydrogen-bond donors (Lipinski definition) is 3. The van der Waals surface area contributed by atoms with E-state index in [0.29, 0.717) is 41.3 Å². The highest BCUT2D eigenvalue weighted by Crippen LogP contribution is 2.27. The first kappa shape index (κ1) is 26.3. The van der Waals surface area contributed by atoms with Crippen LogP contribution in [0.4, 0.5) is 26.1 Å². The van der Waals surface area contributed by atoms with Gasteiger partial charge < -0.3 is 25.6 Å². The summed E-state index contributed by atoms with van der Waals surface area (Å²) in [5.41, 5.74) is 2.60. The second kappa shape index (κ2) is 11.5. The fourth-order valence-corrected chi connectivity index (χ4v) is 4.58. The Kier molecular flexibility index (Phi) is 8.17. The zero-order valence-electron chi connectivity index (χ0n) is 21.4. The van der Waals surface area contributed by atoms with Gasteiger partial charge in [-0.3, -0.25) is 4.79 Å². The molecule has 8 nitrogen and oxygen atoms in total. The zero-order chi connectivity index (χ0) is 26.5. The van der Waals surface area contributed by atoms with E-state index in [-0.39, 0.29) is 29.6 Å². The topological polar surface area (TPSA) is 91.4 Å². The van der Waals surface area contributed by atoms with Crippen molar-refractivity contribution in [1.82, 2.24) is 20.6 Å². The molecule has 4 rings (SSSR count). The van der Waals surface area contributed by atoms with Gasteiger partial charge in [0.2, 0.25) is 5.95 Å². The number of nitrogens with zero attached hydrogens (tertiary/aromatic N) is 3. The smallest absolute Gasteiger partial charge is 0.251 e. The maximum absolute atomic E-state index is 14.9. The molecule has 1 amide bonds. The van der Waals surface area contributed by atoms with Crippen LogP contribution in [0, 0.1) is 11.6 Å². The third-order valence-corrected chi connectivity index (χ3v) is 6.31. The number of aromatic nitrogens is 2. The second-order valence-electron chi connectivity index (χ2n) is 9.31. The average molecular weight is 511 g/mol. The molecule has 2 aromatic carbocycles. The van der Waals surface area contributed by atoms with Crippen molar-refractivity contribution in [2.24, 2.45) is 0 Å². The van der Waals surface area contributed by atoms with Crippen molar-refractivity contribution in [2.45, 2.75) is 38.8 Å². The summed E-state index contributed by atoms with van der Waals surface area (Å²) in [4.78, 5) is 22.7. The monoisotopic (exact) mass is 510 g/mol. The lowest BCUT2D eigenvalue weighted by molar-refractivity contribution is 0.0962. The molecule has 2 atom stereocenters. The maximum atomic E-state index is 14.9. The lowest BCUT2D eigenvalue weighted by atomic mass is 10.0. The van der Waals surface area contributed by atoms with Gasteiger partial charge in [-0.15, -0.1) is 0 Å². The molecule has 1 saturated heterocycles. The third-order valence-electron chi connectivity index (χ3n) is 6.31. The number of benzene rings is 2. The number of piperazine rings is 1. The van der Waals surface area contributed by atoms with Crippen LogP contribution < -0.4 is 25.6 Å². The van der Waals surface area contributed by atoms with E-state index in [2.05, 4.69) is 44.7 Å². The average Bonchev–Trinajstić information content (AvgIpc) is 2.88. The molecule has 2 heterocycles. The summed E-state index contributed by atoms with van der Waals surface area (Å²) in [7, 11) is 2.88. The van der Waals surface area contributed by atoms with E-state index in [4.69, 9.17) is 4.74 Å². The van der Waals surface area contributed by atoms with Gasteiger partial charge in [0.15, 0.2) is 11.6 Å². The Hall–Kier alpha value is -3.79. The molecule has 196 valence electrons. The lowest BCUT2D eigenvalue weighted by Gasteiger charge is -2.37. The Bertz CT molecular complexity index is 1240. The molecule has 1 aliphatic heterocycles. The third kappa shape index (κ3) is 6.32. The number of carbonyl (C=O) groups is 1. The predicted octanol–water partition coefficient (Wildman–Crippen LogP) is 3.84. The molecule has 0 bridgehead atoms. The quantitative estimate of drug-likeness (QED) is 0.424. The summed E-state index contributed by atoms with van der Waals surface area (Å²) in [6.45, 7) is 5.66. The molecule has 0 saturated carbocycles. The van der Waals surface area contributed by atoms with Crippen LogP contribution in [0.15, 0.2) is 42.7 Å². The Morgan fingerprint density at radius 1 is 1.11 bits per heavy atom. The second-order valence-corrected chi connectivity index (χ2v) is 9.31. The lowest BCUT2D eigenvalue weighted by Crippen LogP contribution is -2.54. The minimum atomic E-state index is -0.496. The van der Waals surface area contributed by atoms with Crippen molar-refractivity contribution in [1.29, 1.82) is 0 Å². The summed E-state index contributed by atoms with van der Waals surface area (Å²) in [6.07, 6.45) is 4.07. The summed E-state index contributed by atoms with van der Waals surface area (Å²) in [6, 6.07) is 8.49. The van der Waals surface area contributed by atoms with Gasteiger partial charge in [-0.05, 0) is 68.1 Å². The molecule has 0 spiro atoms. The van der Waals surface area contributed by atoms with Gasteiger partial charge in [0.05, 0.1) is 12.8 Å². The van der Waals surface area contributed by atoms with E-state index in [0.717, 1.165) is 18.7 Å². The highest BCUT2D eigenvalue weighted by Gasteiger charge is 2.23. The largest absolute Gasteiger partial charge is 0.494 e. The fraction of sp³-hybridized carbons (Fsp3) is 0.370. The van der Waals surface area contributed by atoms with Crippen molar-refractivity contribution in [3.05, 3.63) is 71.1 Å². The molecule has 0 radical (unpaired) electrons. The van der Waals surface area contributed by atoms with Crippen LogP contribution in [0.25, 0.3) is 0 Å². The van der Waals surface area contributed by atoms with Crippen LogP contribution in [0.2, 0.25) is 0 Å². The van der Waals surface area contributed by atoms with Crippen molar-refractivity contribution in [3.63, 3.8) is 0 Å². The number of amides is 1. The molecule has 1 fully saturated rings. The summed E-state index contributed by atoms with van der Waals surface area (Å²) >= 11 is 0. The van der Waals surface area contributed by atoms with Crippen LogP contribution in [-0.2, 0) is 12.8 Å². The van der Waals surface area contributed by atoms with Gasteiger partial charge >= 0.3 is 0 Å². The van der Waals surface area contributed by atoms with Crippen molar-refractivity contribution < 1.29 is 18.3 Å². The first-order valence-electron chi connectivity index (χ1n) is 12.2. The number of methoxy groups -OCH3 is 1. The number of rotatable bonds is 8. The van der Waals surface area contributed by atoms with E-state index in [1.54, 1.807) is 18.5 Å². The van der Waals surface area contributed by atoms with Gasteiger partial charge in [-0.25, -0.2) is 18.7 Å². The van der Waals surface area contributed by atoms with Gasteiger partial charge in [0.1, 0.15) is 5.82 Å². The Labute approximate surface area is 215 Å². The number of carbonyl (C=O) groups excluding carboxylic acids is 1. The standard InChI is InChI=1S/C27H32F2N6O2/c1-16-14-35(15-17(2)33-16)23-8-7-21(11-22(23)28)34-27-31-12-18(13-32-27)5-6-19-9-20(26(36)30-3)10-24(37-4)25(19)29/h7-13,16-17,33H,5-6,14-15H2,1-4H3,(H,30,36)(H,31,32,34)/t16-,17+. The summed E-state index contributed by atoms with van der Waals surface area (Å²) in [5, 5.41) is 9.01. The molecule has 0 aliphatic carbocycles. The number of hydrogen-bond acceptors (Lipinski definition) is 7. The van der Waals surface area contributed by atoms with Gasteiger partial charge in [-0.1, -0.05) is 0 Å². The van der Waals surface area contributed by atoms with E-state index in [1.165, 1.54) is 32.4 Å². The molecule has 3 N–H and O–H groups in total. The number of nitrogens with one attached hydrogen (secondary N) is 3. The van der Waals surface area contributed by atoms with Crippen LogP contribution in [0.3, 0.4) is 0 Å². The molecule has 37 heavy (non-hydrogen) atoms. The minimum absolute atomic E-state index is 0.0196. The van der Waals surface area contributed by atoms with Crippen LogP contribution in [-0.4, -0.2) is 55.2 Å². The first-order valence-corrected chi connectivity index (χ1v) is 12.2. The number of aryl methyl sites for hydroxylation is 2. The van der Waals surface area contributed by atoms with E-state index >= 15 is 0 Å². The van der Waals surface area contributed by atoms with Crippen molar-refractivity contribution >= 4 is 23.2 Å². The maximum Gasteiger partial charge on any atom is 0.251 e. The Morgan fingerprint density at radius 2 is 1.81 bits per heavy atom. The van der Waals surface area contributed by atoms with E-state index < -0.39 is 5.82 Å². The molecule has 1 aromatic heterocycles. The zero-order valence-corrected chi connectivity index (χ0v) is 21.4. The van der Waals surface area contributed by atoms with Crippen molar-refractivity contribution in [3.8, 4) is 5.75 Å². The molecular formula is C27H32F2N6O2. The summed E-state index contributed by atoms with van der Waals surface area (Å²) < 4.78 is 34.7. The van der Waals surface area contributed by atoms with Crippen molar-refractivity contribution in [2.75, 3.05) is 37.5 Å². The molecule has 0 unspecified atom stereocenters. The fourth-order valence-electron chi connectivity index (χ4n) is 4.58. The number of anilines is 3. The summed E-state index contributed by atoms with van der Waals surface area (Å²) in [5.74, 6) is -0.773. The van der Waals surface area contributed by atoms with E-state index in [9.17, 15) is 13.6 Å². The molecule has 1 aliphatic rings. The van der Waals surface area contributed by atoms with Gasteiger partial charge in [-0.2, -0.15) is 0 Å². The number of halogens is 2. The highest BCUT2D eigenvalue weighted by atomic mass is 19.1. The molecule has 3 aromatic rings. The Balaban J connectivity index is 1.40. The minimum Gasteiger partial charge on any atom is -0.494 e. The van der Waals surface area contributed by atoms with Crippen LogP contribution in [0.5, 0.6) is 5.75 Å². The number of ether oxygens (including phenoxy) is 1. The van der Waals surface area contributed by atoms with Crippen LogP contribution in [0.1, 0.15) is 35.3 Å². The first-order chi connectivity index (χ1) is 17.8. The van der Waals surface area contributed by atoms with Gasteiger partial charge in [0, 0.05) is 55.9 Å².